The summed E-state index contributed by atoms with van der Waals surface area (Å²) in [7, 11) is 0. The number of aryl methyl sites for hydroxylation is 1. The van der Waals surface area contributed by atoms with Crippen molar-refractivity contribution in [2.75, 3.05) is 19.7 Å². The van der Waals surface area contributed by atoms with Crippen LogP contribution in [0.5, 0.6) is 5.75 Å². The molecule has 1 atom stereocenters. The maximum atomic E-state index is 11.5. The van der Waals surface area contributed by atoms with Crippen LogP contribution in [0.1, 0.15) is 19.4 Å². The number of ether oxygens (including phenoxy) is 1. The van der Waals surface area contributed by atoms with Crippen molar-refractivity contribution < 1.29 is 9.53 Å². The van der Waals surface area contributed by atoms with Crippen molar-refractivity contribution in [3.63, 3.8) is 0 Å². The Morgan fingerprint density at radius 1 is 1.42 bits per heavy atom. The number of carbonyl (C=O) groups excluding carboxylic acids is 1. The second-order valence-electron chi connectivity index (χ2n) is 4.37. The van der Waals surface area contributed by atoms with Gasteiger partial charge >= 0.3 is 0 Å². The van der Waals surface area contributed by atoms with Crippen LogP contribution in [0.15, 0.2) is 24.3 Å². The molecule has 0 bridgehead atoms. The molecule has 0 aliphatic carbocycles. The molecule has 19 heavy (non-hydrogen) atoms. The summed E-state index contributed by atoms with van der Waals surface area (Å²) in [4.78, 5) is 11.5. The van der Waals surface area contributed by atoms with Gasteiger partial charge < -0.3 is 15.4 Å². The van der Waals surface area contributed by atoms with Gasteiger partial charge in [0.05, 0.1) is 0 Å². The molecule has 5 heteroatoms. The molecular formula is C14H23ClN2O2. The third-order valence-corrected chi connectivity index (χ3v) is 2.52. The lowest BCUT2D eigenvalue weighted by Crippen LogP contribution is -2.40. The van der Waals surface area contributed by atoms with Gasteiger partial charge in [-0.1, -0.05) is 19.1 Å². The molecule has 0 spiro atoms. The van der Waals surface area contributed by atoms with Gasteiger partial charge in [-0.2, -0.15) is 0 Å². The molecule has 0 aliphatic rings. The van der Waals surface area contributed by atoms with E-state index in [0.717, 1.165) is 17.9 Å². The molecule has 1 amide bonds. The summed E-state index contributed by atoms with van der Waals surface area (Å²) in [6.45, 7) is 7.64. The highest BCUT2D eigenvalue weighted by atomic mass is 35.5. The zero-order chi connectivity index (χ0) is 13.4. The zero-order valence-corrected chi connectivity index (χ0v) is 12.5. The SMILES string of the molecule is CCN[C@H](C)CNC(=O)COc1cccc(C)c1.Cl. The second-order valence-corrected chi connectivity index (χ2v) is 4.37. The summed E-state index contributed by atoms with van der Waals surface area (Å²) >= 11 is 0. The molecule has 0 heterocycles. The molecule has 0 aliphatic heterocycles. The van der Waals surface area contributed by atoms with E-state index >= 15 is 0 Å². The fraction of sp³-hybridized carbons (Fsp3) is 0.500. The standard InChI is InChI=1S/C14H22N2O2.ClH/c1-4-15-12(3)9-16-14(17)10-18-13-7-5-6-11(2)8-13;/h5-8,12,15H,4,9-10H2,1-3H3,(H,16,17);1H/t12-;/m1./s1. The Balaban J connectivity index is 0.00000324. The molecule has 1 aromatic rings. The molecule has 4 nitrogen and oxygen atoms in total. The van der Waals surface area contributed by atoms with Crippen molar-refractivity contribution in [3.05, 3.63) is 29.8 Å². The van der Waals surface area contributed by atoms with Crippen LogP contribution in [0.25, 0.3) is 0 Å². The van der Waals surface area contributed by atoms with Crippen LogP contribution in [0.2, 0.25) is 0 Å². The Kier molecular flexibility index (Phi) is 9.00. The first-order valence-electron chi connectivity index (χ1n) is 6.31. The van der Waals surface area contributed by atoms with Gasteiger partial charge in [-0.05, 0) is 38.1 Å². The Bertz CT molecular complexity index is 385. The summed E-state index contributed by atoms with van der Waals surface area (Å²) in [6.07, 6.45) is 0. The number of hydrogen-bond donors (Lipinski definition) is 2. The van der Waals surface area contributed by atoms with E-state index in [9.17, 15) is 4.79 Å². The minimum absolute atomic E-state index is 0. The number of rotatable bonds is 7. The number of nitrogens with one attached hydrogen (secondary N) is 2. The Morgan fingerprint density at radius 3 is 2.79 bits per heavy atom. The Morgan fingerprint density at radius 2 is 2.16 bits per heavy atom. The molecule has 2 N–H and O–H groups in total. The molecule has 0 radical (unpaired) electrons. The molecule has 0 aromatic heterocycles. The van der Waals surface area contributed by atoms with Gasteiger partial charge in [-0.15, -0.1) is 12.4 Å². The van der Waals surface area contributed by atoms with E-state index in [1.807, 2.05) is 45.0 Å². The fourth-order valence-corrected chi connectivity index (χ4v) is 1.59. The summed E-state index contributed by atoms with van der Waals surface area (Å²) in [5.41, 5.74) is 1.12. The maximum absolute atomic E-state index is 11.5. The van der Waals surface area contributed by atoms with Crippen molar-refractivity contribution in [2.24, 2.45) is 0 Å². The van der Waals surface area contributed by atoms with Gasteiger partial charge in [-0.25, -0.2) is 0 Å². The third-order valence-electron chi connectivity index (χ3n) is 2.52. The van der Waals surface area contributed by atoms with Gasteiger partial charge in [0.1, 0.15) is 5.75 Å². The molecule has 0 saturated heterocycles. The fourth-order valence-electron chi connectivity index (χ4n) is 1.59. The first kappa shape index (κ1) is 17.7. The summed E-state index contributed by atoms with van der Waals surface area (Å²) in [5.74, 6) is 0.631. The number of likely N-dealkylation sites (N-methyl/N-ethyl adjacent to an activating group) is 1. The number of amides is 1. The van der Waals surface area contributed by atoms with E-state index in [1.54, 1.807) is 0 Å². The van der Waals surface area contributed by atoms with Gasteiger partial charge in [0.2, 0.25) is 0 Å². The van der Waals surface area contributed by atoms with Crippen molar-refractivity contribution >= 4 is 18.3 Å². The normalized spacial score (nSPS) is 11.3. The lowest BCUT2D eigenvalue weighted by Gasteiger charge is -2.13. The monoisotopic (exact) mass is 286 g/mol. The zero-order valence-electron chi connectivity index (χ0n) is 11.7. The molecular weight excluding hydrogens is 264 g/mol. The molecule has 1 rings (SSSR count). The largest absolute Gasteiger partial charge is 0.484 e. The van der Waals surface area contributed by atoms with E-state index < -0.39 is 0 Å². The smallest absolute Gasteiger partial charge is 0.257 e. The van der Waals surface area contributed by atoms with Gasteiger partial charge in [0.25, 0.3) is 5.91 Å². The highest BCUT2D eigenvalue weighted by molar-refractivity contribution is 5.85. The number of benzene rings is 1. The predicted molar refractivity (Wildman–Crippen MR) is 80.1 cm³/mol. The van der Waals surface area contributed by atoms with E-state index in [4.69, 9.17) is 4.74 Å². The second kappa shape index (κ2) is 9.64. The lowest BCUT2D eigenvalue weighted by molar-refractivity contribution is -0.123. The first-order valence-corrected chi connectivity index (χ1v) is 6.31. The predicted octanol–water partition coefficient (Wildman–Crippen LogP) is 1.91. The number of hydrogen-bond acceptors (Lipinski definition) is 3. The van der Waals surface area contributed by atoms with Crippen LogP contribution < -0.4 is 15.4 Å². The van der Waals surface area contributed by atoms with Crippen LogP contribution >= 0.6 is 12.4 Å². The number of halogens is 1. The van der Waals surface area contributed by atoms with Crippen molar-refractivity contribution in [3.8, 4) is 5.75 Å². The Labute approximate surface area is 121 Å². The van der Waals surface area contributed by atoms with Crippen LogP contribution in [-0.2, 0) is 4.79 Å². The highest BCUT2D eigenvalue weighted by Gasteiger charge is 2.05. The average Bonchev–Trinajstić information content (AvgIpc) is 2.34. The van der Waals surface area contributed by atoms with Crippen molar-refractivity contribution in [1.29, 1.82) is 0 Å². The van der Waals surface area contributed by atoms with Gasteiger partial charge in [-0.3, -0.25) is 4.79 Å². The van der Waals surface area contributed by atoms with Crippen LogP contribution in [0, 0.1) is 6.92 Å². The Hall–Kier alpha value is -1.26. The van der Waals surface area contributed by atoms with E-state index in [1.165, 1.54) is 0 Å². The molecule has 1 aromatic carbocycles. The quantitative estimate of drug-likeness (QED) is 0.805. The van der Waals surface area contributed by atoms with Gasteiger partial charge in [0, 0.05) is 12.6 Å². The average molecular weight is 287 g/mol. The lowest BCUT2D eigenvalue weighted by atomic mass is 10.2. The van der Waals surface area contributed by atoms with E-state index in [-0.39, 0.29) is 31.0 Å². The highest BCUT2D eigenvalue weighted by Crippen LogP contribution is 2.11. The third kappa shape index (κ3) is 7.70. The summed E-state index contributed by atoms with van der Waals surface area (Å²) in [5, 5.41) is 6.05. The van der Waals surface area contributed by atoms with Crippen molar-refractivity contribution in [1.82, 2.24) is 10.6 Å². The molecule has 0 fully saturated rings. The van der Waals surface area contributed by atoms with Crippen molar-refractivity contribution in [2.45, 2.75) is 26.8 Å². The van der Waals surface area contributed by atoms with Crippen LogP contribution in [-0.4, -0.2) is 31.6 Å². The van der Waals surface area contributed by atoms with E-state index in [0.29, 0.717) is 6.54 Å². The number of carbonyl (C=O) groups is 1. The minimum Gasteiger partial charge on any atom is -0.484 e. The summed E-state index contributed by atoms with van der Waals surface area (Å²) in [6, 6.07) is 7.94. The summed E-state index contributed by atoms with van der Waals surface area (Å²) < 4.78 is 5.41. The minimum atomic E-state index is -0.0961. The van der Waals surface area contributed by atoms with Crippen LogP contribution in [0.3, 0.4) is 0 Å². The maximum Gasteiger partial charge on any atom is 0.257 e. The molecule has 0 unspecified atom stereocenters. The first-order chi connectivity index (χ1) is 8.61. The topological polar surface area (TPSA) is 50.4 Å². The van der Waals surface area contributed by atoms with Crippen LogP contribution in [0.4, 0.5) is 0 Å². The molecule has 108 valence electrons. The van der Waals surface area contributed by atoms with E-state index in [2.05, 4.69) is 10.6 Å². The van der Waals surface area contributed by atoms with Gasteiger partial charge in [0.15, 0.2) is 6.61 Å². The molecule has 0 saturated carbocycles.